The predicted octanol–water partition coefficient (Wildman–Crippen LogP) is 3.74. The number of furan rings is 1. The largest absolute Gasteiger partial charge is 0.478 e. The maximum Gasteiger partial charge on any atom is 0.231 e. The Balaban J connectivity index is 3.41. The third kappa shape index (κ3) is 1.60. The molecule has 0 saturated carbocycles. The minimum absolute atomic E-state index is 0.0844. The molecule has 0 aromatic carbocycles. The second-order valence-electron chi connectivity index (χ2n) is 4.32. The first kappa shape index (κ1) is 9.85. The van der Waals surface area contributed by atoms with Crippen LogP contribution in [0.5, 0.6) is 0 Å². The highest BCUT2D eigenvalue weighted by atomic mass is 16.3. The molecule has 1 rings (SSSR count). The Kier molecular flexibility index (Phi) is 2.21. The van der Waals surface area contributed by atoms with Crippen LogP contribution < -0.4 is 0 Å². The first-order valence-electron chi connectivity index (χ1n) is 4.36. The number of hydrogen-bond donors (Lipinski definition) is 0. The van der Waals surface area contributed by atoms with E-state index >= 15 is 0 Å². The van der Waals surface area contributed by atoms with Gasteiger partial charge in [0.25, 0.3) is 0 Å². The topological polar surface area (TPSA) is 17.5 Å². The lowest BCUT2D eigenvalue weighted by Crippen LogP contribution is -2.09. The van der Waals surface area contributed by atoms with E-state index in [-0.39, 0.29) is 5.41 Å². The Bertz CT molecular complexity index is 361. The summed E-state index contributed by atoms with van der Waals surface area (Å²) in [7, 11) is 0. The van der Waals surface area contributed by atoms with E-state index < -0.39 is 0 Å². The molecule has 0 N–H and O–H groups in total. The van der Waals surface area contributed by atoms with E-state index in [1.165, 1.54) is 0 Å². The van der Waals surface area contributed by atoms with Crippen LogP contribution in [-0.2, 0) is 5.41 Å². The molecule has 0 fully saturated rings. The van der Waals surface area contributed by atoms with Gasteiger partial charge < -0.3 is 4.42 Å². The van der Waals surface area contributed by atoms with Crippen LogP contribution in [0.2, 0.25) is 0 Å². The monoisotopic (exact) mass is 177 g/mol. The van der Waals surface area contributed by atoms with Gasteiger partial charge in [-0.05, 0) is 19.4 Å². The van der Waals surface area contributed by atoms with Crippen molar-refractivity contribution < 1.29 is 4.42 Å². The van der Waals surface area contributed by atoms with Crippen LogP contribution in [0.15, 0.2) is 4.42 Å². The van der Waals surface area contributed by atoms with Crippen LogP contribution in [0.4, 0.5) is 5.69 Å². The number of aryl methyl sites for hydroxylation is 1. The highest BCUT2D eigenvalue weighted by molar-refractivity contribution is 5.58. The first-order chi connectivity index (χ1) is 5.88. The van der Waals surface area contributed by atoms with Gasteiger partial charge >= 0.3 is 0 Å². The van der Waals surface area contributed by atoms with Crippen molar-refractivity contribution in [2.75, 3.05) is 0 Å². The summed E-state index contributed by atoms with van der Waals surface area (Å²) in [4.78, 5) is 3.51. The van der Waals surface area contributed by atoms with Crippen LogP contribution in [0.3, 0.4) is 0 Å². The summed E-state index contributed by atoms with van der Waals surface area (Å²) in [6.45, 7) is 17.1. The fourth-order valence-corrected chi connectivity index (χ4v) is 1.26. The lowest BCUT2D eigenvalue weighted by Gasteiger charge is -2.15. The van der Waals surface area contributed by atoms with E-state index in [2.05, 4.69) is 25.6 Å². The van der Waals surface area contributed by atoms with Crippen molar-refractivity contribution in [3.8, 4) is 0 Å². The molecular weight excluding hydrogens is 162 g/mol. The SMILES string of the molecule is [C-]#[N+]c1c(C(C)(C)C)oc(C)c1C. The normalized spacial score (nSPS) is 11.4. The molecule has 1 aromatic rings. The third-order valence-corrected chi connectivity index (χ3v) is 2.15. The molecule has 0 spiro atoms. The van der Waals surface area contributed by atoms with Gasteiger partial charge in [-0.25, -0.2) is 4.85 Å². The first-order valence-corrected chi connectivity index (χ1v) is 4.36. The smallest absolute Gasteiger partial charge is 0.231 e. The Labute approximate surface area is 79.4 Å². The summed E-state index contributed by atoms with van der Waals surface area (Å²) in [6.07, 6.45) is 0. The van der Waals surface area contributed by atoms with E-state index in [1.807, 2.05) is 13.8 Å². The van der Waals surface area contributed by atoms with Crippen LogP contribution in [0, 0.1) is 20.4 Å². The molecule has 2 heteroatoms. The van der Waals surface area contributed by atoms with Crippen LogP contribution >= 0.6 is 0 Å². The van der Waals surface area contributed by atoms with Gasteiger partial charge in [0.05, 0.1) is 12.3 Å². The van der Waals surface area contributed by atoms with Gasteiger partial charge in [-0.15, -0.1) is 0 Å². The minimum Gasteiger partial charge on any atom is -0.478 e. The molecule has 70 valence electrons. The Morgan fingerprint density at radius 1 is 1.23 bits per heavy atom. The molecule has 0 amide bonds. The van der Waals surface area contributed by atoms with Crippen LogP contribution in [-0.4, -0.2) is 0 Å². The Morgan fingerprint density at radius 2 is 1.77 bits per heavy atom. The van der Waals surface area contributed by atoms with Crippen molar-refractivity contribution in [2.45, 2.75) is 40.0 Å². The molecule has 1 heterocycles. The predicted molar refractivity (Wildman–Crippen MR) is 53.1 cm³/mol. The molecule has 0 bridgehead atoms. The fourth-order valence-electron chi connectivity index (χ4n) is 1.26. The van der Waals surface area contributed by atoms with Gasteiger partial charge in [0, 0.05) is 5.41 Å². The van der Waals surface area contributed by atoms with Gasteiger partial charge in [-0.3, -0.25) is 0 Å². The van der Waals surface area contributed by atoms with Crippen molar-refractivity contribution in [1.82, 2.24) is 0 Å². The van der Waals surface area contributed by atoms with Gasteiger partial charge in [0.1, 0.15) is 5.76 Å². The second-order valence-corrected chi connectivity index (χ2v) is 4.32. The lowest BCUT2D eigenvalue weighted by atomic mass is 9.92. The average Bonchev–Trinajstić information content (AvgIpc) is 2.28. The molecular formula is C11H15NO. The van der Waals surface area contributed by atoms with E-state index in [1.54, 1.807) is 0 Å². The van der Waals surface area contributed by atoms with Gasteiger partial charge in [0.2, 0.25) is 5.69 Å². The molecule has 0 aliphatic heterocycles. The zero-order valence-corrected chi connectivity index (χ0v) is 8.86. The van der Waals surface area contributed by atoms with E-state index in [0.29, 0.717) is 5.69 Å². The highest BCUT2D eigenvalue weighted by Crippen LogP contribution is 2.37. The number of rotatable bonds is 0. The van der Waals surface area contributed by atoms with Crippen LogP contribution in [0.25, 0.3) is 4.85 Å². The van der Waals surface area contributed by atoms with Crippen molar-refractivity contribution in [3.63, 3.8) is 0 Å². The average molecular weight is 177 g/mol. The van der Waals surface area contributed by atoms with E-state index in [4.69, 9.17) is 11.0 Å². The molecule has 0 aliphatic rings. The molecule has 2 nitrogen and oxygen atoms in total. The molecule has 0 radical (unpaired) electrons. The molecule has 0 atom stereocenters. The maximum atomic E-state index is 7.08. The zero-order chi connectivity index (χ0) is 10.2. The maximum absolute atomic E-state index is 7.08. The summed E-state index contributed by atoms with van der Waals surface area (Å²) in [5.74, 6) is 1.66. The number of hydrogen-bond acceptors (Lipinski definition) is 1. The number of nitrogens with zero attached hydrogens (tertiary/aromatic N) is 1. The zero-order valence-electron chi connectivity index (χ0n) is 8.86. The van der Waals surface area contributed by atoms with Gasteiger partial charge in [-0.2, -0.15) is 0 Å². The van der Waals surface area contributed by atoms with Gasteiger partial charge in [0.15, 0.2) is 0 Å². The Hall–Kier alpha value is -1.23. The van der Waals surface area contributed by atoms with Crippen molar-refractivity contribution >= 4 is 5.69 Å². The van der Waals surface area contributed by atoms with Gasteiger partial charge in [-0.1, -0.05) is 20.8 Å². The summed E-state index contributed by atoms with van der Waals surface area (Å²) in [5, 5.41) is 0. The summed E-state index contributed by atoms with van der Waals surface area (Å²) in [5.41, 5.74) is 1.57. The van der Waals surface area contributed by atoms with E-state index in [0.717, 1.165) is 17.1 Å². The summed E-state index contributed by atoms with van der Waals surface area (Å²) in [6, 6.07) is 0. The van der Waals surface area contributed by atoms with Crippen molar-refractivity contribution in [1.29, 1.82) is 0 Å². The molecule has 0 aliphatic carbocycles. The van der Waals surface area contributed by atoms with Crippen molar-refractivity contribution in [2.24, 2.45) is 0 Å². The third-order valence-electron chi connectivity index (χ3n) is 2.15. The van der Waals surface area contributed by atoms with Crippen LogP contribution in [0.1, 0.15) is 37.9 Å². The quantitative estimate of drug-likeness (QED) is 0.552. The van der Waals surface area contributed by atoms with E-state index in [9.17, 15) is 0 Å². The van der Waals surface area contributed by atoms with Crippen molar-refractivity contribution in [3.05, 3.63) is 28.5 Å². The molecule has 0 saturated heterocycles. The fraction of sp³-hybridized carbons (Fsp3) is 0.545. The highest BCUT2D eigenvalue weighted by Gasteiger charge is 2.25. The molecule has 13 heavy (non-hydrogen) atoms. The summed E-state index contributed by atoms with van der Waals surface area (Å²) < 4.78 is 5.59. The minimum atomic E-state index is -0.0844. The Morgan fingerprint density at radius 3 is 2.08 bits per heavy atom. The molecule has 0 unspecified atom stereocenters. The molecule has 1 aromatic heterocycles. The summed E-state index contributed by atoms with van der Waals surface area (Å²) >= 11 is 0. The second kappa shape index (κ2) is 2.92. The lowest BCUT2D eigenvalue weighted by molar-refractivity contribution is 0.397. The standard InChI is InChI=1S/C11H15NO/c1-7-8(2)13-10(9(7)12-6)11(3,4)5/h1-5H3.